The second kappa shape index (κ2) is 7.97. The van der Waals surface area contributed by atoms with Gasteiger partial charge in [0.1, 0.15) is 0 Å². The molecule has 6 nitrogen and oxygen atoms in total. The second-order valence-corrected chi connectivity index (χ2v) is 5.84. The van der Waals surface area contributed by atoms with Gasteiger partial charge in [0, 0.05) is 39.3 Å². The van der Waals surface area contributed by atoms with Crippen molar-refractivity contribution >= 4 is 11.9 Å². The number of amides is 1. The Bertz CT molecular complexity index is 546. The zero-order valence-electron chi connectivity index (χ0n) is 14.3. The lowest BCUT2D eigenvalue weighted by atomic mass is 10.1. The van der Waals surface area contributed by atoms with Gasteiger partial charge in [-0.3, -0.25) is 9.79 Å². The van der Waals surface area contributed by atoms with E-state index in [-0.39, 0.29) is 18.1 Å². The molecule has 2 unspecified atom stereocenters. The number of nitrogens with one attached hydrogen (secondary N) is 2. The standard InChI is InChI=1S/C17H26N4O2/c1-12-10-21(11-13(2)23-12)16(22)15-7-5-14(6-8-15)9-20-17(18-3)19-4/h5-8,12-13H,9-11H2,1-4H3,(H2,18,19,20). The first-order valence-electron chi connectivity index (χ1n) is 7.95. The normalized spacial score (nSPS) is 21.9. The van der Waals surface area contributed by atoms with Crippen LogP contribution in [0.5, 0.6) is 0 Å². The van der Waals surface area contributed by atoms with E-state index in [1.54, 1.807) is 7.05 Å². The summed E-state index contributed by atoms with van der Waals surface area (Å²) in [5.74, 6) is 0.805. The summed E-state index contributed by atoms with van der Waals surface area (Å²) < 4.78 is 5.68. The maximum atomic E-state index is 12.6. The molecule has 0 bridgehead atoms. The van der Waals surface area contributed by atoms with Crippen LogP contribution in [0.1, 0.15) is 29.8 Å². The second-order valence-electron chi connectivity index (χ2n) is 5.84. The zero-order chi connectivity index (χ0) is 16.8. The van der Waals surface area contributed by atoms with Crippen LogP contribution in [0.4, 0.5) is 0 Å². The Morgan fingerprint density at radius 3 is 2.39 bits per heavy atom. The van der Waals surface area contributed by atoms with E-state index < -0.39 is 0 Å². The summed E-state index contributed by atoms with van der Waals surface area (Å²) in [5.41, 5.74) is 1.81. The van der Waals surface area contributed by atoms with Crippen LogP contribution >= 0.6 is 0 Å². The molecule has 1 amide bonds. The van der Waals surface area contributed by atoms with Gasteiger partial charge >= 0.3 is 0 Å². The van der Waals surface area contributed by atoms with Crippen LogP contribution in [0.3, 0.4) is 0 Å². The summed E-state index contributed by atoms with van der Waals surface area (Å²) in [7, 11) is 3.55. The van der Waals surface area contributed by atoms with E-state index in [4.69, 9.17) is 4.74 Å². The predicted octanol–water partition coefficient (Wildman–Crippen LogP) is 1.23. The highest BCUT2D eigenvalue weighted by atomic mass is 16.5. The van der Waals surface area contributed by atoms with Crippen molar-refractivity contribution in [2.75, 3.05) is 27.2 Å². The van der Waals surface area contributed by atoms with Crippen LogP contribution in [0.2, 0.25) is 0 Å². The summed E-state index contributed by atoms with van der Waals surface area (Å²) >= 11 is 0. The fourth-order valence-electron chi connectivity index (χ4n) is 2.76. The van der Waals surface area contributed by atoms with Crippen molar-refractivity contribution in [3.8, 4) is 0 Å². The molecule has 23 heavy (non-hydrogen) atoms. The van der Waals surface area contributed by atoms with E-state index in [1.807, 2.05) is 50.1 Å². The first-order valence-corrected chi connectivity index (χ1v) is 7.95. The number of carbonyl (C=O) groups is 1. The minimum Gasteiger partial charge on any atom is -0.372 e. The van der Waals surface area contributed by atoms with Gasteiger partial charge in [0.25, 0.3) is 5.91 Å². The number of benzene rings is 1. The molecule has 0 aliphatic carbocycles. The number of guanidine groups is 1. The average Bonchev–Trinajstić information content (AvgIpc) is 2.55. The van der Waals surface area contributed by atoms with Gasteiger partial charge in [-0.15, -0.1) is 0 Å². The minimum absolute atomic E-state index is 0.0672. The third-order valence-electron chi connectivity index (χ3n) is 3.83. The van der Waals surface area contributed by atoms with E-state index >= 15 is 0 Å². The van der Waals surface area contributed by atoms with Crippen molar-refractivity contribution in [2.45, 2.75) is 32.6 Å². The van der Waals surface area contributed by atoms with E-state index in [2.05, 4.69) is 15.6 Å². The minimum atomic E-state index is 0.0672. The van der Waals surface area contributed by atoms with E-state index in [0.717, 1.165) is 11.5 Å². The summed E-state index contributed by atoms with van der Waals surface area (Å²) in [4.78, 5) is 18.5. The number of hydrogen-bond acceptors (Lipinski definition) is 3. The summed E-state index contributed by atoms with van der Waals surface area (Å²) in [6.45, 7) is 5.95. The van der Waals surface area contributed by atoms with Crippen molar-refractivity contribution < 1.29 is 9.53 Å². The van der Waals surface area contributed by atoms with Gasteiger partial charge in [-0.05, 0) is 31.5 Å². The highest BCUT2D eigenvalue weighted by molar-refractivity contribution is 5.94. The van der Waals surface area contributed by atoms with Crippen LogP contribution in [-0.4, -0.2) is 56.2 Å². The van der Waals surface area contributed by atoms with Gasteiger partial charge in [0.2, 0.25) is 0 Å². The first kappa shape index (κ1) is 17.3. The van der Waals surface area contributed by atoms with Gasteiger partial charge in [-0.2, -0.15) is 0 Å². The van der Waals surface area contributed by atoms with Gasteiger partial charge < -0.3 is 20.3 Å². The quantitative estimate of drug-likeness (QED) is 0.650. The third kappa shape index (κ3) is 4.69. The lowest BCUT2D eigenvalue weighted by Gasteiger charge is -2.35. The van der Waals surface area contributed by atoms with Crippen LogP contribution in [0.25, 0.3) is 0 Å². The van der Waals surface area contributed by atoms with Crippen molar-refractivity contribution in [2.24, 2.45) is 4.99 Å². The van der Waals surface area contributed by atoms with Gasteiger partial charge in [0.15, 0.2) is 5.96 Å². The summed E-state index contributed by atoms with van der Waals surface area (Å²) in [5, 5.41) is 6.16. The molecule has 2 rings (SSSR count). The summed E-state index contributed by atoms with van der Waals surface area (Å²) in [6.07, 6.45) is 0.166. The number of hydrogen-bond donors (Lipinski definition) is 2. The molecular weight excluding hydrogens is 292 g/mol. The average molecular weight is 318 g/mol. The number of rotatable bonds is 3. The molecule has 1 aromatic carbocycles. The molecule has 0 saturated carbocycles. The molecule has 1 fully saturated rings. The monoisotopic (exact) mass is 318 g/mol. The smallest absolute Gasteiger partial charge is 0.254 e. The SMILES string of the molecule is CN=C(NC)NCc1ccc(C(=O)N2CC(C)OC(C)C2)cc1. The van der Waals surface area contributed by atoms with Crippen LogP contribution in [0.15, 0.2) is 29.3 Å². The molecule has 0 radical (unpaired) electrons. The zero-order valence-corrected chi connectivity index (χ0v) is 14.3. The molecule has 1 aromatic rings. The first-order chi connectivity index (χ1) is 11.0. The maximum Gasteiger partial charge on any atom is 0.254 e. The van der Waals surface area contributed by atoms with Crippen molar-refractivity contribution in [3.05, 3.63) is 35.4 Å². The molecule has 126 valence electrons. The van der Waals surface area contributed by atoms with E-state index in [0.29, 0.717) is 25.2 Å². The van der Waals surface area contributed by atoms with Crippen LogP contribution in [0, 0.1) is 0 Å². The Hall–Kier alpha value is -2.08. The maximum absolute atomic E-state index is 12.6. The molecule has 6 heteroatoms. The van der Waals surface area contributed by atoms with Crippen LogP contribution in [-0.2, 0) is 11.3 Å². The molecular formula is C17H26N4O2. The lowest BCUT2D eigenvalue weighted by Crippen LogP contribution is -2.48. The Labute approximate surface area is 137 Å². The largest absolute Gasteiger partial charge is 0.372 e. The Morgan fingerprint density at radius 1 is 1.26 bits per heavy atom. The molecule has 1 aliphatic rings. The molecule has 1 saturated heterocycles. The van der Waals surface area contributed by atoms with Gasteiger partial charge in [-0.1, -0.05) is 12.1 Å². The highest BCUT2D eigenvalue weighted by Gasteiger charge is 2.26. The predicted molar refractivity (Wildman–Crippen MR) is 91.6 cm³/mol. The number of ether oxygens (including phenoxy) is 1. The van der Waals surface area contributed by atoms with E-state index in [9.17, 15) is 4.79 Å². The Balaban J connectivity index is 1.97. The lowest BCUT2D eigenvalue weighted by molar-refractivity contribution is -0.0586. The van der Waals surface area contributed by atoms with E-state index in [1.165, 1.54) is 0 Å². The molecule has 0 aromatic heterocycles. The number of nitrogens with zero attached hydrogens (tertiary/aromatic N) is 2. The van der Waals surface area contributed by atoms with Gasteiger partial charge in [-0.25, -0.2) is 0 Å². The molecule has 1 aliphatic heterocycles. The third-order valence-corrected chi connectivity index (χ3v) is 3.83. The number of morpholine rings is 1. The Morgan fingerprint density at radius 2 is 1.87 bits per heavy atom. The van der Waals surface area contributed by atoms with Crippen molar-refractivity contribution in [1.82, 2.24) is 15.5 Å². The number of carbonyl (C=O) groups excluding carboxylic acids is 1. The number of aliphatic imine (C=N–C) groups is 1. The molecule has 0 spiro atoms. The summed E-state index contributed by atoms with van der Waals surface area (Å²) in [6, 6.07) is 7.70. The molecule has 2 atom stereocenters. The van der Waals surface area contributed by atoms with Crippen LogP contribution < -0.4 is 10.6 Å². The Kier molecular flexibility index (Phi) is 5.98. The fourth-order valence-corrected chi connectivity index (χ4v) is 2.76. The van der Waals surface area contributed by atoms with Gasteiger partial charge in [0.05, 0.1) is 12.2 Å². The topological polar surface area (TPSA) is 66.0 Å². The van der Waals surface area contributed by atoms with Crippen molar-refractivity contribution in [3.63, 3.8) is 0 Å². The molecule has 1 heterocycles. The molecule has 2 N–H and O–H groups in total. The highest BCUT2D eigenvalue weighted by Crippen LogP contribution is 2.15. The van der Waals surface area contributed by atoms with Crippen molar-refractivity contribution in [1.29, 1.82) is 0 Å². The fraction of sp³-hybridized carbons (Fsp3) is 0.529.